The molecule has 134 valence electrons. The number of halogens is 4. The summed E-state index contributed by atoms with van der Waals surface area (Å²) in [5.74, 6) is -3.30. The maximum atomic E-state index is 14.7. The molecule has 1 aromatic carbocycles. The molecule has 2 N–H and O–H groups in total. The predicted molar refractivity (Wildman–Crippen MR) is 86.6 cm³/mol. The van der Waals surface area contributed by atoms with Crippen molar-refractivity contribution >= 4 is 23.3 Å². The van der Waals surface area contributed by atoms with Crippen molar-refractivity contribution in [2.24, 2.45) is 0 Å². The summed E-state index contributed by atoms with van der Waals surface area (Å²) in [5, 5.41) is -0.00557. The van der Waals surface area contributed by atoms with E-state index in [-0.39, 0.29) is 28.3 Å². The number of anilines is 1. The van der Waals surface area contributed by atoms with Crippen LogP contribution >= 0.6 is 11.6 Å². The Balaban J connectivity index is 2.78. The Kier molecular flexibility index (Phi) is 5.73. The van der Waals surface area contributed by atoms with Crippen molar-refractivity contribution in [1.29, 1.82) is 0 Å². The number of nitrogens with zero attached hydrogens (tertiary/aromatic N) is 1. The molecule has 0 spiro atoms. The lowest BCUT2D eigenvalue weighted by atomic mass is 10.0. The first-order chi connectivity index (χ1) is 11.9. The Hall–Kier alpha value is -2.48. The van der Waals surface area contributed by atoms with Gasteiger partial charge in [-0.2, -0.15) is 0 Å². The highest BCUT2D eigenvalue weighted by Gasteiger charge is 2.27. The summed E-state index contributed by atoms with van der Waals surface area (Å²) in [6, 6.07) is 2.45. The third-order valence-corrected chi connectivity index (χ3v) is 3.85. The Morgan fingerprint density at radius 1 is 1.28 bits per heavy atom. The Labute approximate surface area is 146 Å². The zero-order valence-electron chi connectivity index (χ0n) is 13.3. The number of carbonyl (C=O) groups excluding carboxylic acids is 1. The van der Waals surface area contributed by atoms with Gasteiger partial charge in [0.25, 0.3) is 0 Å². The SMILES string of the molecule is COC(=O)c1nc(-c2ccc(Cl)c(CCF)c2F)c(F)c(N)c1OC. The van der Waals surface area contributed by atoms with Crippen LogP contribution in [0, 0.1) is 11.6 Å². The van der Waals surface area contributed by atoms with Crippen LogP contribution < -0.4 is 10.5 Å². The average molecular weight is 375 g/mol. The zero-order valence-corrected chi connectivity index (χ0v) is 14.1. The standard InChI is InChI=1S/C16H14ClF3N2O3/c1-24-15-12(21)11(20)13(22-14(15)16(23)25-2)8-3-4-9(17)7(5-6-18)10(8)19/h3-4H,5-6H2,1-2H3,(H2,21,22). The molecule has 25 heavy (non-hydrogen) atoms. The molecular weight excluding hydrogens is 361 g/mol. The van der Waals surface area contributed by atoms with Gasteiger partial charge in [0.15, 0.2) is 17.3 Å². The quantitative estimate of drug-likeness (QED) is 0.810. The van der Waals surface area contributed by atoms with Gasteiger partial charge in [0, 0.05) is 22.6 Å². The third-order valence-electron chi connectivity index (χ3n) is 3.50. The lowest BCUT2D eigenvalue weighted by Crippen LogP contribution is -2.12. The Bertz CT molecular complexity index is 831. The second-order valence-corrected chi connectivity index (χ2v) is 5.30. The molecule has 0 atom stereocenters. The second-order valence-electron chi connectivity index (χ2n) is 4.89. The van der Waals surface area contributed by atoms with E-state index in [2.05, 4.69) is 9.72 Å². The molecule has 0 amide bonds. The molecular formula is C16H14ClF3N2O3. The van der Waals surface area contributed by atoms with Crippen molar-refractivity contribution in [3.63, 3.8) is 0 Å². The topological polar surface area (TPSA) is 74.4 Å². The lowest BCUT2D eigenvalue weighted by Gasteiger charge is -2.15. The van der Waals surface area contributed by atoms with Crippen LogP contribution in [0.5, 0.6) is 5.75 Å². The van der Waals surface area contributed by atoms with Crippen LogP contribution in [0.15, 0.2) is 12.1 Å². The largest absolute Gasteiger partial charge is 0.492 e. The van der Waals surface area contributed by atoms with Gasteiger partial charge >= 0.3 is 5.97 Å². The highest BCUT2D eigenvalue weighted by molar-refractivity contribution is 6.31. The number of esters is 1. The summed E-state index contributed by atoms with van der Waals surface area (Å²) >= 11 is 5.85. The van der Waals surface area contributed by atoms with Gasteiger partial charge in [-0.05, 0) is 12.1 Å². The zero-order chi connectivity index (χ0) is 18.7. The summed E-state index contributed by atoms with van der Waals surface area (Å²) in [5.41, 5.74) is 3.72. The summed E-state index contributed by atoms with van der Waals surface area (Å²) in [6.45, 7) is -0.853. The molecule has 0 fully saturated rings. The van der Waals surface area contributed by atoms with Crippen LogP contribution in [0.25, 0.3) is 11.3 Å². The molecule has 2 rings (SSSR count). The minimum atomic E-state index is -1.09. The van der Waals surface area contributed by atoms with Crippen LogP contribution in [0.3, 0.4) is 0 Å². The van der Waals surface area contributed by atoms with E-state index in [9.17, 15) is 18.0 Å². The van der Waals surface area contributed by atoms with Gasteiger partial charge in [-0.1, -0.05) is 11.6 Å². The molecule has 0 aliphatic carbocycles. The van der Waals surface area contributed by atoms with Gasteiger partial charge in [-0.25, -0.2) is 18.6 Å². The Morgan fingerprint density at radius 3 is 2.52 bits per heavy atom. The highest BCUT2D eigenvalue weighted by Crippen LogP contribution is 2.37. The number of aromatic nitrogens is 1. The monoisotopic (exact) mass is 374 g/mol. The number of benzene rings is 1. The number of carbonyl (C=O) groups is 1. The van der Waals surface area contributed by atoms with Gasteiger partial charge < -0.3 is 15.2 Å². The van der Waals surface area contributed by atoms with Gasteiger partial charge in [-0.3, -0.25) is 4.39 Å². The normalized spacial score (nSPS) is 10.6. The van der Waals surface area contributed by atoms with E-state index in [1.165, 1.54) is 13.2 Å². The van der Waals surface area contributed by atoms with Crippen LogP contribution in [0.2, 0.25) is 5.02 Å². The molecule has 0 bridgehead atoms. The van der Waals surface area contributed by atoms with Crippen molar-refractivity contribution < 1.29 is 27.4 Å². The van der Waals surface area contributed by atoms with E-state index < -0.39 is 41.4 Å². The van der Waals surface area contributed by atoms with E-state index in [1.807, 2.05) is 0 Å². The van der Waals surface area contributed by atoms with E-state index in [0.29, 0.717) is 0 Å². The summed E-state index contributed by atoms with van der Waals surface area (Å²) in [4.78, 5) is 15.6. The maximum Gasteiger partial charge on any atom is 0.360 e. The van der Waals surface area contributed by atoms with Crippen LogP contribution in [0.1, 0.15) is 16.1 Å². The smallest absolute Gasteiger partial charge is 0.360 e. The number of nitrogens with two attached hydrogens (primary N) is 1. The number of ether oxygens (including phenoxy) is 2. The lowest BCUT2D eigenvalue weighted by molar-refractivity contribution is 0.0590. The summed E-state index contributed by atoms with van der Waals surface area (Å²) in [7, 11) is 2.26. The molecule has 0 aliphatic heterocycles. The van der Waals surface area contributed by atoms with Crippen LogP contribution in [-0.4, -0.2) is 31.8 Å². The van der Waals surface area contributed by atoms with Crippen LogP contribution in [-0.2, 0) is 11.2 Å². The number of methoxy groups -OCH3 is 2. The minimum absolute atomic E-state index is 0.00557. The molecule has 1 aromatic heterocycles. The second kappa shape index (κ2) is 7.60. The van der Waals surface area contributed by atoms with Crippen molar-refractivity contribution in [1.82, 2.24) is 4.98 Å². The molecule has 0 radical (unpaired) electrons. The average Bonchev–Trinajstić information content (AvgIpc) is 2.60. The van der Waals surface area contributed by atoms with Gasteiger partial charge in [0.2, 0.25) is 0 Å². The predicted octanol–water partition coefficient (Wildman–Crippen LogP) is 3.57. The van der Waals surface area contributed by atoms with Gasteiger partial charge in [0.05, 0.1) is 20.9 Å². The highest BCUT2D eigenvalue weighted by atomic mass is 35.5. The number of rotatable bonds is 5. The van der Waals surface area contributed by atoms with Crippen LogP contribution in [0.4, 0.5) is 18.9 Å². The number of alkyl halides is 1. The van der Waals surface area contributed by atoms with Crippen molar-refractivity contribution in [2.75, 3.05) is 26.6 Å². The molecule has 0 saturated heterocycles. The number of hydrogen-bond donors (Lipinski definition) is 1. The molecule has 0 saturated carbocycles. The van der Waals surface area contributed by atoms with Gasteiger partial charge in [-0.15, -0.1) is 0 Å². The maximum absolute atomic E-state index is 14.7. The first-order valence-electron chi connectivity index (χ1n) is 7.01. The minimum Gasteiger partial charge on any atom is -0.492 e. The molecule has 5 nitrogen and oxygen atoms in total. The fourth-order valence-corrected chi connectivity index (χ4v) is 2.53. The van der Waals surface area contributed by atoms with Crippen molar-refractivity contribution in [3.8, 4) is 17.0 Å². The summed E-state index contributed by atoms with van der Waals surface area (Å²) < 4.78 is 51.3. The first-order valence-corrected chi connectivity index (χ1v) is 7.39. The fraction of sp³-hybridized carbons (Fsp3) is 0.250. The van der Waals surface area contributed by atoms with E-state index in [4.69, 9.17) is 22.1 Å². The number of nitrogen functional groups attached to an aromatic ring is 1. The number of hydrogen-bond acceptors (Lipinski definition) is 5. The van der Waals surface area contributed by atoms with E-state index in [0.717, 1.165) is 13.2 Å². The molecule has 0 aliphatic rings. The van der Waals surface area contributed by atoms with Crippen molar-refractivity contribution in [2.45, 2.75) is 6.42 Å². The van der Waals surface area contributed by atoms with Gasteiger partial charge in [0.1, 0.15) is 17.2 Å². The van der Waals surface area contributed by atoms with E-state index >= 15 is 0 Å². The molecule has 1 heterocycles. The molecule has 0 unspecified atom stereocenters. The molecule has 9 heteroatoms. The number of pyridine rings is 1. The van der Waals surface area contributed by atoms with E-state index in [1.54, 1.807) is 0 Å². The fourth-order valence-electron chi connectivity index (χ4n) is 2.29. The third kappa shape index (κ3) is 3.34. The summed E-state index contributed by atoms with van der Waals surface area (Å²) in [6.07, 6.45) is -0.296. The Morgan fingerprint density at radius 2 is 1.96 bits per heavy atom. The first kappa shape index (κ1) is 18.9. The van der Waals surface area contributed by atoms with Crippen molar-refractivity contribution in [3.05, 3.63) is 40.0 Å². The molecule has 2 aromatic rings.